The summed E-state index contributed by atoms with van der Waals surface area (Å²) >= 11 is 0. The third-order valence-electron chi connectivity index (χ3n) is 2.56. The van der Waals surface area contributed by atoms with Gasteiger partial charge in [-0.2, -0.15) is 0 Å². The molecule has 9 heteroatoms. The number of rotatable bonds is 8. The number of hydrogen-bond donors (Lipinski definition) is 4. The molecule has 0 aromatic heterocycles. The van der Waals surface area contributed by atoms with Crippen molar-refractivity contribution in [1.29, 1.82) is 0 Å². The van der Waals surface area contributed by atoms with Crippen molar-refractivity contribution < 1.29 is 25.3 Å². The lowest BCUT2D eigenvalue weighted by molar-refractivity contribution is -0.159. The van der Waals surface area contributed by atoms with Gasteiger partial charge in [0.05, 0.1) is 12.5 Å². The molecule has 0 aromatic carbocycles. The molecule has 6 N–H and O–H groups in total. The van der Waals surface area contributed by atoms with Crippen LogP contribution in [0, 0.1) is 0 Å². The van der Waals surface area contributed by atoms with Crippen LogP contribution in [0.1, 0.15) is 41.0 Å². The second kappa shape index (κ2) is 8.47. The maximum absolute atomic E-state index is 12.1. The Labute approximate surface area is 136 Å². The zero-order valence-corrected chi connectivity index (χ0v) is 14.1. The van der Waals surface area contributed by atoms with Crippen LogP contribution in [0.5, 0.6) is 0 Å². The average Bonchev–Trinajstić information content (AvgIpc) is 2.42. The molecule has 0 aliphatic rings. The lowest BCUT2D eigenvalue weighted by atomic mass is 10.1. The molecule has 3 atom stereocenters. The highest BCUT2D eigenvalue weighted by atomic mass is 16.6. The number of esters is 1. The molecular formula is C14H26N4O5. The van der Waals surface area contributed by atoms with E-state index in [1.54, 1.807) is 20.8 Å². The number of amides is 3. The van der Waals surface area contributed by atoms with E-state index in [1.165, 1.54) is 13.8 Å². The quantitative estimate of drug-likeness (QED) is 0.399. The van der Waals surface area contributed by atoms with Gasteiger partial charge in [0.1, 0.15) is 19.1 Å². The fourth-order valence-corrected chi connectivity index (χ4v) is 1.47. The number of ether oxygens (including phenoxy) is 1. The van der Waals surface area contributed by atoms with Crippen LogP contribution in [0.2, 0.25) is 1.41 Å². The van der Waals surface area contributed by atoms with E-state index in [0.29, 0.717) is 0 Å². The number of nitrogens with one attached hydrogen (secondary N) is 2. The second-order valence-electron chi connectivity index (χ2n) is 6.22. The number of hydrogen-bond acceptors (Lipinski definition) is 6. The summed E-state index contributed by atoms with van der Waals surface area (Å²) in [7, 11) is 0. The van der Waals surface area contributed by atoms with Gasteiger partial charge < -0.3 is 26.8 Å². The van der Waals surface area contributed by atoms with Crippen molar-refractivity contribution in [3.05, 3.63) is 0 Å². The van der Waals surface area contributed by atoms with E-state index >= 15 is 0 Å². The Balaban J connectivity index is 4.89. The number of carbonyl (C=O) groups is 4. The first-order valence-corrected chi connectivity index (χ1v) is 7.16. The predicted molar refractivity (Wildman–Crippen MR) is 82.8 cm³/mol. The fraction of sp³-hybridized carbons (Fsp3) is 0.714. The topological polar surface area (TPSA) is 154 Å². The molecule has 9 nitrogen and oxygen atoms in total. The molecule has 0 spiro atoms. The first-order chi connectivity index (χ1) is 10.9. The van der Waals surface area contributed by atoms with Crippen LogP contribution in [0.15, 0.2) is 0 Å². The highest BCUT2D eigenvalue weighted by Gasteiger charge is 2.30. The van der Waals surface area contributed by atoms with E-state index in [9.17, 15) is 19.2 Å². The van der Waals surface area contributed by atoms with Crippen LogP contribution in [-0.4, -0.2) is 47.4 Å². The lowest BCUT2D eigenvalue weighted by Crippen LogP contribution is -2.54. The van der Waals surface area contributed by atoms with Crippen molar-refractivity contribution in [2.24, 2.45) is 11.5 Å². The van der Waals surface area contributed by atoms with E-state index < -0.39 is 53.8 Å². The third-order valence-corrected chi connectivity index (χ3v) is 2.56. The molecule has 0 rings (SSSR count). The Morgan fingerprint density at radius 2 is 1.70 bits per heavy atom. The van der Waals surface area contributed by atoms with Crippen molar-refractivity contribution >= 4 is 23.7 Å². The first kappa shape index (κ1) is 18.9. The Morgan fingerprint density at radius 3 is 2.13 bits per heavy atom. The highest BCUT2D eigenvalue weighted by molar-refractivity contribution is 5.93. The summed E-state index contributed by atoms with van der Waals surface area (Å²) in [5.74, 6) is -2.82. The van der Waals surface area contributed by atoms with Crippen molar-refractivity contribution in [3.8, 4) is 0 Å². The second-order valence-corrected chi connectivity index (χ2v) is 6.22. The fourth-order valence-electron chi connectivity index (χ4n) is 1.47. The molecule has 0 aliphatic carbocycles. The first-order valence-electron chi connectivity index (χ1n) is 7.66. The zero-order chi connectivity index (χ0) is 19.1. The molecule has 3 amide bonds. The monoisotopic (exact) mass is 331 g/mol. The van der Waals surface area contributed by atoms with Gasteiger partial charge in [0.2, 0.25) is 17.7 Å². The molecule has 0 saturated carbocycles. The predicted octanol–water partition coefficient (Wildman–Crippen LogP) is -1.46. The van der Waals surface area contributed by atoms with Crippen LogP contribution in [0.4, 0.5) is 0 Å². The molecular weight excluding hydrogens is 304 g/mol. The summed E-state index contributed by atoms with van der Waals surface area (Å²) in [6, 6.07) is -3.04. The Morgan fingerprint density at radius 1 is 1.13 bits per heavy atom. The minimum Gasteiger partial charge on any atom is -0.458 e. The molecule has 23 heavy (non-hydrogen) atoms. The molecule has 0 unspecified atom stereocenters. The van der Waals surface area contributed by atoms with Gasteiger partial charge in [-0.05, 0) is 34.6 Å². The molecule has 0 bridgehead atoms. The van der Waals surface area contributed by atoms with Crippen molar-refractivity contribution in [3.63, 3.8) is 0 Å². The minimum absolute atomic E-state index is 0.425. The number of nitrogens with two attached hydrogens (primary N) is 2. The Bertz CT molecular complexity index is 492. The summed E-state index contributed by atoms with van der Waals surface area (Å²) in [5, 5.41) is 4.71. The van der Waals surface area contributed by atoms with E-state index in [4.69, 9.17) is 11.9 Å². The highest BCUT2D eigenvalue weighted by Crippen LogP contribution is 2.10. The Kier molecular flexibility index (Phi) is 6.95. The summed E-state index contributed by atoms with van der Waals surface area (Å²) < 4.78 is 12.0. The maximum atomic E-state index is 12.1. The number of carbonyl (C=O) groups excluding carboxylic acids is 4. The SMILES string of the molecule is [2H]N[C@@H](C)C(=O)N[C@@H](C)C(=O)N[C@@H](CC(N)=O)C(=O)OC(C)(C)C. The van der Waals surface area contributed by atoms with E-state index in [2.05, 4.69) is 10.6 Å². The van der Waals surface area contributed by atoms with Gasteiger partial charge in [-0.15, -0.1) is 0 Å². The standard InChI is InChI=1S/C14H26N4O5/c1-7(15)11(20)17-8(2)12(21)18-9(6-10(16)19)13(22)23-14(3,4)5/h7-9H,6,15H2,1-5H3,(H2,16,19)(H,17,20)(H,18,21)/t7-,8-,9-/m0/s1/i/hD. The maximum Gasteiger partial charge on any atom is 0.329 e. The summed E-state index contributed by atoms with van der Waals surface area (Å²) in [6.45, 7) is 7.79. The van der Waals surface area contributed by atoms with Gasteiger partial charge in [0.15, 0.2) is 0 Å². The van der Waals surface area contributed by atoms with Gasteiger partial charge in [0.25, 0.3) is 0 Å². The lowest BCUT2D eigenvalue weighted by Gasteiger charge is -2.25. The van der Waals surface area contributed by atoms with Crippen molar-refractivity contribution in [2.45, 2.75) is 64.8 Å². The zero-order valence-electron chi connectivity index (χ0n) is 15.1. The molecule has 0 saturated heterocycles. The van der Waals surface area contributed by atoms with Gasteiger partial charge in [0, 0.05) is 0 Å². The van der Waals surface area contributed by atoms with Gasteiger partial charge in [-0.1, -0.05) is 0 Å². The van der Waals surface area contributed by atoms with Crippen LogP contribution >= 0.6 is 0 Å². The molecule has 0 radical (unpaired) electrons. The smallest absolute Gasteiger partial charge is 0.329 e. The van der Waals surface area contributed by atoms with Gasteiger partial charge in [-0.3, -0.25) is 14.4 Å². The molecule has 0 aliphatic heterocycles. The molecule has 0 heterocycles. The molecule has 0 fully saturated rings. The van der Waals surface area contributed by atoms with Crippen LogP contribution in [0.3, 0.4) is 0 Å². The van der Waals surface area contributed by atoms with E-state index in [1.807, 2.05) is 5.73 Å². The van der Waals surface area contributed by atoms with E-state index in [-0.39, 0.29) is 0 Å². The average molecular weight is 331 g/mol. The minimum atomic E-state index is -1.25. The van der Waals surface area contributed by atoms with Crippen molar-refractivity contribution in [2.75, 3.05) is 0 Å². The van der Waals surface area contributed by atoms with Crippen molar-refractivity contribution in [1.82, 2.24) is 10.6 Å². The van der Waals surface area contributed by atoms with E-state index in [0.717, 1.165) is 0 Å². The Hall–Kier alpha value is -2.16. The van der Waals surface area contributed by atoms with Gasteiger partial charge >= 0.3 is 5.97 Å². The largest absolute Gasteiger partial charge is 0.458 e. The number of primary amides is 1. The summed E-state index contributed by atoms with van der Waals surface area (Å²) in [5.41, 5.74) is 6.28. The molecule has 0 aromatic rings. The normalized spacial score (nSPS) is 15.6. The van der Waals surface area contributed by atoms with Gasteiger partial charge in [-0.25, -0.2) is 4.79 Å². The molecule has 132 valence electrons. The summed E-state index contributed by atoms with van der Waals surface area (Å²) in [6.07, 6.45) is -0.425. The van der Waals surface area contributed by atoms with Crippen LogP contribution in [0.25, 0.3) is 0 Å². The van der Waals surface area contributed by atoms with Crippen LogP contribution < -0.4 is 22.1 Å². The van der Waals surface area contributed by atoms with Crippen LogP contribution in [-0.2, 0) is 23.9 Å². The third kappa shape index (κ3) is 8.77. The summed E-state index contributed by atoms with van der Waals surface area (Å²) in [4.78, 5) is 46.9.